The maximum Gasteiger partial charge on any atom is 0.251 e. The minimum absolute atomic E-state index is 0.0827. The van der Waals surface area contributed by atoms with Crippen LogP contribution in [0.15, 0.2) is 60.0 Å². The number of ether oxygens (including phenoxy) is 1. The van der Waals surface area contributed by atoms with Gasteiger partial charge in [0.05, 0.1) is 25.0 Å². The summed E-state index contributed by atoms with van der Waals surface area (Å²) in [5, 5.41) is 13.7. The van der Waals surface area contributed by atoms with E-state index in [2.05, 4.69) is 10.2 Å². The zero-order valence-corrected chi connectivity index (χ0v) is 18.2. The molecule has 160 valence electrons. The first-order chi connectivity index (χ1) is 15.0. The van der Waals surface area contributed by atoms with Crippen molar-refractivity contribution < 1.29 is 9.53 Å². The van der Waals surface area contributed by atoms with Crippen molar-refractivity contribution in [1.29, 1.82) is 5.41 Å². The number of morpholine rings is 1. The average molecular weight is 435 g/mol. The number of anilines is 2. The Hall–Kier alpha value is -3.16. The molecule has 7 heteroatoms. The number of carbonyl (C=O) groups is 1. The van der Waals surface area contributed by atoms with E-state index >= 15 is 0 Å². The molecule has 1 aliphatic rings. The Balaban J connectivity index is 1.51. The summed E-state index contributed by atoms with van der Waals surface area (Å²) in [6.45, 7) is 5.15. The lowest BCUT2D eigenvalue weighted by atomic mass is 9.98. The fraction of sp³-hybridized carbons (Fsp3) is 0.250. The molecule has 2 aromatic carbocycles. The van der Waals surface area contributed by atoms with Gasteiger partial charge < -0.3 is 20.7 Å². The van der Waals surface area contributed by atoms with Crippen molar-refractivity contribution in [2.24, 2.45) is 0 Å². The lowest BCUT2D eigenvalue weighted by Gasteiger charge is -2.29. The highest BCUT2D eigenvalue weighted by Crippen LogP contribution is 2.23. The van der Waals surface area contributed by atoms with Gasteiger partial charge in [-0.2, -0.15) is 0 Å². The molecule has 1 unspecified atom stereocenters. The summed E-state index contributed by atoms with van der Waals surface area (Å²) < 4.78 is 5.41. The number of carbonyl (C=O) groups excluding carboxylic acids is 1. The molecule has 4 N–H and O–H groups in total. The molecule has 4 rings (SSSR count). The van der Waals surface area contributed by atoms with Crippen molar-refractivity contribution in [2.45, 2.75) is 13.0 Å². The van der Waals surface area contributed by atoms with Gasteiger partial charge in [0, 0.05) is 46.0 Å². The van der Waals surface area contributed by atoms with Crippen LogP contribution in [0.5, 0.6) is 0 Å². The standard InChI is InChI=1S/C24H26N4O2S/c1-16(22-3-2-14-31-22)27-24(29)18-6-9-21(25)20(15-18)23(26)17-4-7-19(8-5-17)28-10-12-30-13-11-28/h2-9,14-16,26H,10-13,25H2,1H3,(H,27,29). The SMILES string of the molecule is CC(NC(=O)c1ccc(N)c(C(=N)c2ccc(N3CCOCC3)cc2)c1)c1cccs1. The van der Waals surface area contributed by atoms with Gasteiger partial charge in [-0.3, -0.25) is 10.2 Å². The van der Waals surface area contributed by atoms with Crippen molar-refractivity contribution in [1.82, 2.24) is 5.32 Å². The van der Waals surface area contributed by atoms with Crippen molar-refractivity contribution in [3.05, 3.63) is 81.5 Å². The first kappa shape index (κ1) is 21.1. The summed E-state index contributed by atoms with van der Waals surface area (Å²) in [7, 11) is 0. The summed E-state index contributed by atoms with van der Waals surface area (Å²) in [5.41, 5.74) is 9.85. The Bertz CT molecular complexity index is 1060. The van der Waals surface area contributed by atoms with Gasteiger partial charge >= 0.3 is 0 Å². The number of rotatable bonds is 6. The van der Waals surface area contributed by atoms with Crippen LogP contribution in [-0.2, 0) is 4.74 Å². The monoisotopic (exact) mass is 434 g/mol. The summed E-state index contributed by atoms with van der Waals surface area (Å²) >= 11 is 1.61. The van der Waals surface area contributed by atoms with E-state index < -0.39 is 0 Å². The van der Waals surface area contributed by atoms with Crippen LogP contribution < -0.4 is 16.0 Å². The maximum atomic E-state index is 12.8. The maximum absolute atomic E-state index is 12.8. The molecular formula is C24H26N4O2S. The number of nitrogens with two attached hydrogens (primary N) is 1. The smallest absolute Gasteiger partial charge is 0.251 e. The molecule has 1 aliphatic heterocycles. The number of benzene rings is 2. The Labute approximate surface area is 186 Å². The molecule has 3 aromatic rings. The molecule has 1 fully saturated rings. The number of hydrogen-bond acceptors (Lipinski definition) is 6. The summed E-state index contributed by atoms with van der Waals surface area (Å²) in [6, 6.07) is 16.9. The zero-order chi connectivity index (χ0) is 21.8. The van der Waals surface area contributed by atoms with Crippen molar-refractivity contribution in [3.8, 4) is 0 Å². The van der Waals surface area contributed by atoms with Crippen LogP contribution in [0.4, 0.5) is 11.4 Å². The first-order valence-electron chi connectivity index (χ1n) is 10.3. The Kier molecular flexibility index (Phi) is 6.34. The number of nitrogen functional groups attached to an aromatic ring is 1. The van der Waals surface area contributed by atoms with E-state index in [-0.39, 0.29) is 11.9 Å². The van der Waals surface area contributed by atoms with Gasteiger partial charge in [-0.1, -0.05) is 18.2 Å². The highest BCUT2D eigenvalue weighted by molar-refractivity contribution is 7.10. The topological polar surface area (TPSA) is 91.4 Å². The van der Waals surface area contributed by atoms with Crippen LogP contribution in [0.1, 0.15) is 39.3 Å². The van der Waals surface area contributed by atoms with Gasteiger partial charge in [0.2, 0.25) is 0 Å². The molecule has 1 aromatic heterocycles. The van der Waals surface area contributed by atoms with Crippen LogP contribution in [0.25, 0.3) is 0 Å². The predicted molar refractivity (Wildman–Crippen MR) is 126 cm³/mol. The molecule has 1 atom stereocenters. The fourth-order valence-corrected chi connectivity index (χ4v) is 4.35. The van der Waals surface area contributed by atoms with Crippen molar-refractivity contribution in [3.63, 3.8) is 0 Å². The Morgan fingerprint density at radius 1 is 1.13 bits per heavy atom. The molecule has 2 heterocycles. The molecule has 0 saturated carbocycles. The molecule has 0 spiro atoms. The largest absolute Gasteiger partial charge is 0.398 e. The quantitative estimate of drug-likeness (QED) is 0.403. The summed E-state index contributed by atoms with van der Waals surface area (Å²) in [4.78, 5) is 16.1. The van der Waals surface area contributed by atoms with E-state index in [1.54, 1.807) is 29.5 Å². The third-order valence-electron chi connectivity index (χ3n) is 5.43. The van der Waals surface area contributed by atoms with Gasteiger partial charge in [-0.15, -0.1) is 11.3 Å². The van der Waals surface area contributed by atoms with Gasteiger partial charge in [-0.05, 0) is 48.7 Å². The fourth-order valence-electron chi connectivity index (χ4n) is 3.62. The van der Waals surface area contributed by atoms with Crippen molar-refractivity contribution in [2.75, 3.05) is 36.9 Å². The second-order valence-electron chi connectivity index (χ2n) is 7.53. The minimum atomic E-state index is -0.183. The highest BCUT2D eigenvalue weighted by Gasteiger charge is 2.17. The first-order valence-corrected chi connectivity index (χ1v) is 11.2. The number of nitrogens with zero attached hydrogens (tertiary/aromatic N) is 1. The van der Waals surface area contributed by atoms with Crippen LogP contribution >= 0.6 is 11.3 Å². The summed E-state index contributed by atoms with van der Waals surface area (Å²) in [5.74, 6) is -0.183. The van der Waals surface area contributed by atoms with E-state index in [1.807, 2.05) is 48.7 Å². The van der Waals surface area contributed by atoms with Gasteiger partial charge in [0.25, 0.3) is 5.91 Å². The molecule has 0 radical (unpaired) electrons. The lowest BCUT2D eigenvalue weighted by Crippen LogP contribution is -2.36. The Morgan fingerprint density at radius 2 is 1.84 bits per heavy atom. The van der Waals surface area contributed by atoms with E-state index in [1.165, 1.54) is 0 Å². The normalized spacial score (nSPS) is 14.8. The third kappa shape index (κ3) is 4.78. The molecular weight excluding hydrogens is 408 g/mol. The van der Waals surface area contributed by atoms with Crippen LogP contribution in [0, 0.1) is 5.41 Å². The third-order valence-corrected chi connectivity index (χ3v) is 6.49. The molecule has 0 bridgehead atoms. The van der Waals surface area contributed by atoms with Crippen LogP contribution in [-0.4, -0.2) is 37.9 Å². The highest BCUT2D eigenvalue weighted by atomic mass is 32.1. The van der Waals surface area contributed by atoms with Crippen LogP contribution in [0.2, 0.25) is 0 Å². The minimum Gasteiger partial charge on any atom is -0.398 e. The van der Waals surface area contributed by atoms with E-state index in [0.717, 1.165) is 42.4 Å². The molecule has 6 nitrogen and oxygen atoms in total. The van der Waals surface area contributed by atoms with Gasteiger partial charge in [-0.25, -0.2) is 0 Å². The molecule has 1 amide bonds. The number of thiophene rings is 1. The molecule has 0 aliphatic carbocycles. The Morgan fingerprint density at radius 3 is 2.52 bits per heavy atom. The van der Waals surface area contributed by atoms with Gasteiger partial charge in [0.15, 0.2) is 0 Å². The average Bonchev–Trinajstić information content (AvgIpc) is 3.35. The van der Waals surface area contributed by atoms with E-state index in [4.69, 9.17) is 15.9 Å². The second kappa shape index (κ2) is 9.32. The summed E-state index contributed by atoms with van der Waals surface area (Å²) in [6.07, 6.45) is 0. The molecule has 31 heavy (non-hydrogen) atoms. The van der Waals surface area contributed by atoms with Gasteiger partial charge in [0.1, 0.15) is 0 Å². The number of amides is 1. The van der Waals surface area contributed by atoms with E-state index in [0.29, 0.717) is 22.5 Å². The number of hydrogen-bond donors (Lipinski definition) is 3. The second-order valence-corrected chi connectivity index (χ2v) is 8.51. The van der Waals surface area contributed by atoms with Crippen LogP contribution in [0.3, 0.4) is 0 Å². The molecule has 1 saturated heterocycles. The van der Waals surface area contributed by atoms with E-state index in [9.17, 15) is 4.79 Å². The van der Waals surface area contributed by atoms with Crippen molar-refractivity contribution >= 4 is 34.3 Å². The predicted octanol–water partition coefficient (Wildman–Crippen LogP) is 4.07. The lowest BCUT2D eigenvalue weighted by molar-refractivity contribution is 0.0940. The number of nitrogens with one attached hydrogen (secondary N) is 2. The zero-order valence-electron chi connectivity index (χ0n) is 17.4.